The van der Waals surface area contributed by atoms with Gasteiger partial charge in [-0.15, -0.1) is 0 Å². The number of rotatable bonds is 5. The number of nitriles is 1. The van der Waals surface area contributed by atoms with Gasteiger partial charge in [-0.05, 0) is 47.0 Å². The molecule has 3 aromatic rings. The van der Waals surface area contributed by atoms with Crippen molar-refractivity contribution in [1.29, 1.82) is 5.26 Å². The third-order valence-electron chi connectivity index (χ3n) is 4.25. The van der Waals surface area contributed by atoms with E-state index >= 15 is 0 Å². The van der Waals surface area contributed by atoms with Crippen LogP contribution in [0.2, 0.25) is 0 Å². The summed E-state index contributed by atoms with van der Waals surface area (Å²) in [5.41, 5.74) is 3.31. The summed E-state index contributed by atoms with van der Waals surface area (Å²) in [6.07, 6.45) is 1.55. The number of esters is 1. The number of hydrogen-bond donors (Lipinski definition) is 1. The number of nitrogens with zero attached hydrogens (tertiary/aromatic N) is 1. The van der Waals surface area contributed by atoms with E-state index in [4.69, 9.17) is 4.74 Å². The van der Waals surface area contributed by atoms with Crippen LogP contribution in [0.15, 0.2) is 84.6 Å². The summed E-state index contributed by atoms with van der Waals surface area (Å²) in [6, 6.07) is 25.4. The van der Waals surface area contributed by atoms with E-state index in [-0.39, 0.29) is 5.70 Å². The number of ether oxygens (including phenoxy) is 1. The second kappa shape index (κ2) is 9.16. The Morgan fingerprint density at radius 2 is 1.69 bits per heavy atom. The highest BCUT2D eigenvalue weighted by atomic mass is 16.5. The van der Waals surface area contributed by atoms with Crippen LogP contribution in [0.4, 0.5) is 0 Å². The number of benzene rings is 3. The number of carbonyl (C=O) groups excluding carboxylic acids is 2. The van der Waals surface area contributed by atoms with E-state index in [9.17, 15) is 14.9 Å². The minimum Gasteiger partial charge on any atom is -0.464 e. The molecule has 1 amide bonds. The van der Waals surface area contributed by atoms with Crippen molar-refractivity contribution < 1.29 is 14.3 Å². The van der Waals surface area contributed by atoms with E-state index in [1.165, 1.54) is 7.11 Å². The molecule has 0 fully saturated rings. The molecule has 5 nitrogen and oxygen atoms in total. The molecule has 0 saturated carbocycles. The molecule has 0 aliphatic rings. The lowest BCUT2D eigenvalue weighted by atomic mass is 9.98. The smallest absolute Gasteiger partial charge is 0.354 e. The first-order chi connectivity index (χ1) is 14.1. The van der Waals surface area contributed by atoms with Gasteiger partial charge in [0.25, 0.3) is 5.91 Å². The number of hydrogen-bond acceptors (Lipinski definition) is 4. The van der Waals surface area contributed by atoms with E-state index < -0.39 is 11.9 Å². The highest BCUT2D eigenvalue weighted by Gasteiger charge is 2.15. The van der Waals surface area contributed by atoms with Crippen LogP contribution >= 0.6 is 0 Å². The van der Waals surface area contributed by atoms with E-state index in [0.29, 0.717) is 16.7 Å². The Morgan fingerprint density at radius 1 is 0.966 bits per heavy atom. The Kier molecular flexibility index (Phi) is 6.18. The lowest BCUT2D eigenvalue weighted by Crippen LogP contribution is -2.28. The molecule has 3 rings (SSSR count). The molecule has 0 saturated heterocycles. The molecule has 3 aromatic carbocycles. The Morgan fingerprint density at radius 3 is 2.41 bits per heavy atom. The maximum absolute atomic E-state index is 12.4. The van der Waals surface area contributed by atoms with Gasteiger partial charge in [0, 0.05) is 5.56 Å². The zero-order chi connectivity index (χ0) is 20.6. The first kappa shape index (κ1) is 19.6. The van der Waals surface area contributed by atoms with Crippen LogP contribution in [0.1, 0.15) is 21.5 Å². The monoisotopic (exact) mass is 382 g/mol. The van der Waals surface area contributed by atoms with E-state index in [1.54, 1.807) is 54.6 Å². The van der Waals surface area contributed by atoms with Gasteiger partial charge in [0.2, 0.25) is 0 Å². The molecule has 1 N–H and O–H groups in total. The average molecular weight is 382 g/mol. The summed E-state index contributed by atoms with van der Waals surface area (Å²) in [4.78, 5) is 24.6. The van der Waals surface area contributed by atoms with Gasteiger partial charge in [-0.3, -0.25) is 4.79 Å². The molecule has 0 aliphatic carbocycles. The van der Waals surface area contributed by atoms with Crippen molar-refractivity contribution in [2.45, 2.75) is 0 Å². The topological polar surface area (TPSA) is 79.2 Å². The van der Waals surface area contributed by atoms with Crippen molar-refractivity contribution in [2.24, 2.45) is 0 Å². The standard InChI is InChI=1S/C24H18N2O3/c1-29-24(28)22(26-23(27)18-9-3-2-4-10-18)15-17-8-7-12-19(14-17)21-13-6-5-11-20(21)16-25/h2-15H,1H3,(H,26,27)/b22-15-. The minimum atomic E-state index is -0.655. The summed E-state index contributed by atoms with van der Waals surface area (Å²) >= 11 is 0. The molecular weight excluding hydrogens is 364 g/mol. The number of nitrogens with one attached hydrogen (secondary N) is 1. The minimum absolute atomic E-state index is 0.0204. The lowest BCUT2D eigenvalue weighted by Gasteiger charge is -2.09. The van der Waals surface area contributed by atoms with Gasteiger partial charge < -0.3 is 10.1 Å². The fraction of sp³-hybridized carbons (Fsp3) is 0.0417. The first-order valence-corrected chi connectivity index (χ1v) is 8.88. The van der Waals surface area contributed by atoms with E-state index in [2.05, 4.69) is 11.4 Å². The van der Waals surface area contributed by atoms with Gasteiger partial charge in [0.05, 0.1) is 18.7 Å². The molecule has 29 heavy (non-hydrogen) atoms. The molecular formula is C24H18N2O3. The van der Waals surface area contributed by atoms with Crippen LogP contribution in [0.25, 0.3) is 17.2 Å². The van der Waals surface area contributed by atoms with Crippen LogP contribution in [0.5, 0.6) is 0 Å². The molecule has 142 valence electrons. The fourth-order valence-electron chi connectivity index (χ4n) is 2.83. The molecule has 0 spiro atoms. The second-order valence-corrected chi connectivity index (χ2v) is 6.15. The first-order valence-electron chi connectivity index (χ1n) is 8.88. The molecule has 5 heteroatoms. The predicted octanol–water partition coefficient (Wildman–Crippen LogP) is 4.17. The number of carbonyl (C=O) groups is 2. The molecule has 0 unspecified atom stereocenters. The molecule has 0 radical (unpaired) electrons. The Bertz CT molecular complexity index is 1110. The van der Waals surface area contributed by atoms with Crippen LogP contribution in [0, 0.1) is 11.3 Å². The third-order valence-corrected chi connectivity index (χ3v) is 4.25. The quantitative estimate of drug-likeness (QED) is 0.531. The zero-order valence-corrected chi connectivity index (χ0v) is 15.8. The van der Waals surface area contributed by atoms with Crippen molar-refractivity contribution in [2.75, 3.05) is 7.11 Å². The fourth-order valence-corrected chi connectivity index (χ4v) is 2.83. The Hall–Kier alpha value is -4.17. The van der Waals surface area contributed by atoms with Gasteiger partial charge in [-0.1, -0.05) is 54.6 Å². The normalized spacial score (nSPS) is 10.7. The van der Waals surface area contributed by atoms with Crippen molar-refractivity contribution in [3.8, 4) is 17.2 Å². The van der Waals surface area contributed by atoms with Crippen LogP contribution in [-0.2, 0) is 9.53 Å². The SMILES string of the molecule is COC(=O)/C(=C/c1cccc(-c2ccccc2C#N)c1)NC(=O)c1ccccc1. The van der Waals surface area contributed by atoms with Crippen LogP contribution in [0.3, 0.4) is 0 Å². The highest BCUT2D eigenvalue weighted by molar-refractivity contribution is 6.03. The molecule has 0 bridgehead atoms. The van der Waals surface area contributed by atoms with Gasteiger partial charge in [0.15, 0.2) is 0 Å². The second-order valence-electron chi connectivity index (χ2n) is 6.15. The van der Waals surface area contributed by atoms with Gasteiger partial charge in [-0.25, -0.2) is 4.79 Å². The van der Waals surface area contributed by atoms with Crippen molar-refractivity contribution in [3.63, 3.8) is 0 Å². The maximum Gasteiger partial charge on any atom is 0.354 e. The van der Waals surface area contributed by atoms with Gasteiger partial charge >= 0.3 is 5.97 Å². The lowest BCUT2D eigenvalue weighted by molar-refractivity contribution is -0.136. The van der Waals surface area contributed by atoms with Crippen molar-refractivity contribution in [1.82, 2.24) is 5.32 Å². The summed E-state index contributed by atoms with van der Waals surface area (Å²) < 4.78 is 4.81. The molecule has 0 aromatic heterocycles. The average Bonchev–Trinajstić information content (AvgIpc) is 2.78. The summed E-state index contributed by atoms with van der Waals surface area (Å²) in [7, 11) is 1.25. The number of amides is 1. The van der Waals surface area contributed by atoms with Crippen LogP contribution < -0.4 is 5.32 Å². The maximum atomic E-state index is 12.4. The molecule has 0 aliphatic heterocycles. The van der Waals surface area contributed by atoms with Crippen LogP contribution in [-0.4, -0.2) is 19.0 Å². The number of methoxy groups -OCH3 is 1. The highest BCUT2D eigenvalue weighted by Crippen LogP contribution is 2.24. The van der Waals surface area contributed by atoms with E-state index in [1.807, 2.05) is 30.3 Å². The summed E-state index contributed by atoms with van der Waals surface area (Å²) in [5.74, 6) is -1.06. The molecule has 0 heterocycles. The van der Waals surface area contributed by atoms with Crippen molar-refractivity contribution in [3.05, 3.63) is 101 Å². The van der Waals surface area contributed by atoms with Gasteiger partial charge in [0.1, 0.15) is 5.70 Å². The third kappa shape index (κ3) is 4.76. The molecule has 0 atom stereocenters. The Labute approximate surface area is 168 Å². The largest absolute Gasteiger partial charge is 0.464 e. The summed E-state index contributed by atoms with van der Waals surface area (Å²) in [5, 5.41) is 11.9. The zero-order valence-electron chi connectivity index (χ0n) is 15.8. The van der Waals surface area contributed by atoms with Crippen molar-refractivity contribution >= 4 is 18.0 Å². The summed E-state index contributed by atoms with van der Waals surface area (Å²) in [6.45, 7) is 0. The predicted molar refractivity (Wildman–Crippen MR) is 110 cm³/mol. The van der Waals surface area contributed by atoms with Gasteiger partial charge in [-0.2, -0.15) is 5.26 Å². The van der Waals surface area contributed by atoms with E-state index in [0.717, 1.165) is 11.1 Å². The Balaban J connectivity index is 1.95.